The lowest BCUT2D eigenvalue weighted by Gasteiger charge is -2.28. The van der Waals surface area contributed by atoms with Crippen LogP contribution in [0.4, 0.5) is 21.5 Å². The van der Waals surface area contributed by atoms with E-state index in [0.29, 0.717) is 27.8 Å². The number of nitriles is 1. The molecule has 1 unspecified atom stereocenters. The van der Waals surface area contributed by atoms with E-state index in [9.17, 15) is 9.65 Å². The van der Waals surface area contributed by atoms with Crippen LogP contribution in [0.25, 0.3) is 10.9 Å². The summed E-state index contributed by atoms with van der Waals surface area (Å²) in [6.07, 6.45) is 4.03. The molecule has 9 nitrogen and oxygen atoms in total. The Kier molecular flexibility index (Phi) is 7.81. The fraction of sp³-hybridized carbons (Fsp3) is 0.280. The standard InChI is InChI=1S/C25H23BrClFN8O/c26-19-10-17(32-22(23-14-31-35-34-23)3-4-36-5-7-37-8-6-36)9-18-24(15(12-29)13-30-25(18)19)33-16-1-2-21(28)20(27)11-16/h1-2,9-11,13-14,22,32H,3-8H2,(H,30,33)(H,31,34,35). The third kappa shape index (κ3) is 5.83. The average molecular weight is 586 g/mol. The molecule has 2 aromatic heterocycles. The van der Waals surface area contributed by atoms with Gasteiger partial charge in [0, 0.05) is 47.1 Å². The van der Waals surface area contributed by atoms with E-state index in [1.54, 1.807) is 12.3 Å². The van der Waals surface area contributed by atoms with Gasteiger partial charge in [-0.1, -0.05) is 11.6 Å². The first-order valence-electron chi connectivity index (χ1n) is 11.7. The lowest BCUT2D eigenvalue weighted by atomic mass is 10.1. The molecule has 0 saturated carbocycles. The van der Waals surface area contributed by atoms with Crippen molar-refractivity contribution in [2.75, 3.05) is 43.5 Å². The van der Waals surface area contributed by atoms with Crippen molar-refractivity contribution in [2.24, 2.45) is 0 Å². The van der Waals surface area contributed by atoms with Gasteiger partial charge in [-0.25, -0.2) is 4.39 Å². The molecule has 2 aromatic carbocycles. The van der Waals surface area contributed by atoms with Crippen molar-refractivity contribution in [2.45, 2.75) is 12.5 Å². The van der Waals surface area contributed by atoms with Crippen LogP contribution in [0.15, 0.2) is 47.2 Å². The first-order valence-corrected chi connectivity index (χ1v) is 12.9. The van der Waals surface area contributed by atoms with Crippen LogP contribution < -0.4 is 10.6 Å². The van der Waals surface area contributed by atoms with Crippen molar-refractivity contribution in [1.29, 1.82) is 5.26 Å². The van der Waals surface area contributed by atoms with Crippen LogP contribution in [0, 0.1) is 17.1 Å². The fourth-order valence-corrected chi connectivity index (χ4v) is 5.03. The van der Waals surface area contributed by atoms with Crippen LogP contribution >= 0.6 is 27.5 Å². The maximum atomic E-state index is 13.7. The molecule has 4 aromatic rings. The maximum Gasteiger partial charge on any atom is 0.141 e. The average Bonchev–Trinajstić information content (AvgIpc) is 3.45. The lowest BCUT2D eigenvalue weighted by Crippen LogP contribution is -2.37. The summed E-state index contributed by atoms with van der Waals surface area (Å²) in [5, 5.41) is 28.3. The Morgan fingerprint density at radius 2 is 2.05 bits per heavy atom. The highest BCUT2D eigenvalue weighted by molar-refractivity contribution is 9.10. The Hall–Kier alpha value is -3.30. The highest BCUT2D eigenvalue weighted by Gasteiger charge is 2.20. The van der Waals surface area contributed by atoms with Crippen LogP contribution in [0.1, 0.15) is 23.7 Å². The quantitative estimate of drug-likeness (QED) is 0.252. The van der Waals surface area contributed by atoms with Gasteiger partial charge in [0.1, 0.15) is 17.6 Å². The molecule has 190 valence electrons. The number of nitrogens with one attached hydrogen (secondary N) is 3. The van der Waals surface area contributed by atoms with Gasteiger partial charge in [-0.15, -0.1) is 0 Å². The molecule has 0 radical (unpaired) electrons. The number of hydrogen-bond acceptors (Lipinski definition) is 8. The number of hydrogen-bond donors (Lipinski definition) is 3. The van der Waals surface area contributed by atoms with E-state index >= 15 is 0 Å². The van der Waals surface area contributed by atoms with Crippen molar-refractivity contribution in [3.8, 4) is 6.07 Å². The number of aromatic amines is 1. The predicted octanol–water partition coefficient (Wildman–Crippen LogP) is 5.40. The highest BCUT2D eigenvalue weighted by Crippen LogP contribution is 2.36. The monoisotopic (exact) mass is 584 g/mol. The van der Waals surface area contributed by atoms with Gasteiger partial charge in [-0.05, 0) is 52.7 Å². The second-order valence-electron chi connectivity index (χ2n) is 8.60. The van der Waals surface area contributed by atoms with Gasteiger partial charge in [-0.3, -0.25) is 9.88 Å². The first kappa shape index (κ1) is 25.4. The number of fused-ring (bicyclic) bond motifs is 1. The van der Waals surface area contributed by atoms with Gasteiger partial charge < -0.3 is 15.4 Å². The Morgan fingerprint density at radius 1 is 1.22 bits per heavy atom. The summed E-state index contributed by atoms with van der Waals surface area (Å²) in [7, 11) is 0. The SMILES string of the molecule is N#Cc1cnc2c(Br)cc(NC(CCN3CCOCC3)c3cn[nH]n3)cc2c1Nc1ccc(F)c(Cl)c1. The van der Waals surface area contributed by atoms with Crippen LogP contribution in [-0.4, -0.2) is 58.1 Å². The molecule has 1 fully saturated rings. The molecule has 3 heterocycles. The van der Waals surface area contributed by atoms with Crippen LogP contribution in [-0.2, 0) is 4.74 Å². The number of ether oxygens (including phenoxy) is 1. The summed E-state index contributed by atoms with van der Waals surface area (Å²) in [5.41, 5.74) is 3.73. The third-order valence-electron chi connectivity index (χ3n) is 6.20. The van der Waals surface area contributed by atoms with Gasteiger partial charge in [0.2, 0.25) is 0 Å². The molecule has 3 N–H and O–H groups in total. The zero-order valence-corrected chi connectivity index (χ0v) is 22.0. The fourth-order valence-electron chi connectivity index (χ4n) is 4.29. The summed E-state index contributed by atoms with van der Waals surface area (Å²) in [4.78, 5) is 6.85. The number of anilines is 3. The first-order chi connectivity index (χ1) is 18.0. The van der Waals surface area contributed by atoms with Crippen molar-refractivity contribution < 1.29 is 9.13 Å². The molecule has 37 heavy (non-hydrogen) atoms. The largest absolute Gasteiger partial charge is 0.379 e. The van der Waals surface area contributed by atoms with E-state index in [1.807, 2.05) is 12.1 Å². The molecule has 1 aliphatic rings. The summed E-state index contributed by atoms with van der Waals surface area (Å²) < 4.78 is 19.9. The zero-order chi connectivity index (χ0) is 25.8. The zero-order valence-electron chi connectivity index (χ0n) is 19.6. The Labute approximate surface area is 226 Å². The molecular weight excluding hydrogens is 563 g/mol. The van der Waals surface area contributed by atoms with E-state index < -0.39 is 5.82 Å². The Morgan fingerprint density at radius 3 is 2.78 bits per heavy atom. The number of aromatic nitrogens is 4. The molecule has 0 spiro atoms. The number of benzene rings is 2. The highest BCUT2D eigenvalue weighted by atomic mass is 79.9. The molecule has 0 aliphatic carbocycles. The van der Waals surface area contributed by atoms with Gasteiger partial charge in [0.05, 0.1) is 47.2 Å². The van der Waals surface area contributed by atoms with E-state index in [1.165, 1.54) is 18.3 Å². The normalized spacial score (nSPS) is 14.9. The molecule has 1 aliphatic heterocycles. The van der Waals surface area contributed by atoms with Crippen LogP contribution in [0.5, 0.6) is 0 Å². The lowest BCUT2D eigenvalue weighted by molar-refractivity contribution is 0.0368. The van der Waals surface area contributed by atoms with Crippen molar-refractivity contribution in [3.05, 3.63) is 69.3 Å². The van der Waals surface area contributed by atoms with E-state index in [-0.39, 0.29) is 11.1 Å². The number of rotatable bonds is 8. The summed E-state index contributed by atoms with van der Waals surface area (Å²) in [5.74, 6) is -0.516. The van der Waals surface area contributed by atoms with Gasteiger partial charge in [-0.2, -0.15) is 20.7 Å². The molecule has 5 rings (SSSR count). The molecule has 1 atom stereocenters. The minimum Gasteiger partial charge on any atom is -0.379 e. The molecule has 0 bridgehead atoms. The number of nitrogens with zero attached hydrogens (tertiary/aromatic N) is 5. The minimum atomic E-state index is -0.516. The molecule has 12 heteroatoms. The summed E-state index contributed by atoms with van der Waals surface area (Å²) >= 11 is 9.62. The smallest absolute Gasteiger partial charge is 0.141 e. The second-order valence-corrected chi connectivity index (χ2v) is 9.86. The number of pyridine rings is 1. The second kappa shape index (κ2) is 11.4. The minimum absolute atomic E-state index is 0.0128. The predicted molar refractivity (Wildman–Crippen MR) is 143 cm³/mol. The van der Waals surface area contributed by atoms with E-state index in [2.05, 4.69) is 57.9 Å². The Bertz CT molecular complexity index is 1440. The van der Waals surface area contributed by atoms with Crippen molar-refractivity contribution in [1.82, 2.24) is 25.3 Å². The topological polar surface area (TPSA) is 115 Å². The maximum absolute atomic E-state index is 13.7. The number of H-pyrrole nitrogens is 1. The van der Waals surface area contributed by atoms with Crippen LogP contribution in [0.2, 0.25) is 5.02 Å². The number of halogens is 3. The Balaban J connectivity index is 1.48. The van der Waals surface area contributed by atoms with Gasteiger partial charge in [0.15, 0.2) is 0 Å². The van der Waals surface area contributed by atoms with Crippen LogP contribution in [0.3, 0.4) is 0 Å². The third-order valence-corrected chi connectivity index (χ3v) is 7.10. The molecular formula is C25H23BrClFN8O. The summed E-state index contributed by atoms with van der Waals surface area (Å²) in [6, 6.07) is 10.3. The van der Waals surface area contributed by atoms with Crippen molar-refractivity contribution >= 4 is 55.5 Å². The summed E-state index contributed by atoms with van der Waals surface area (Å²) in [6.45, 7) is 4.16. The van der Waals surface area contributed by atoms with Gasteiger partial charge in [0.25, 0.3) is 0 Å². The number of morpholine rings is 1. The van der Waals surface area contributed by atoms with E-state index in [0.717, 1.165) is 55.1 Å². The molecule has 0 amide bonds. The van der Waals surface area contributed by atoms with Crippen molar-refractivity contribution in [3.63, 3.8) is 0 Å². The molecule has 1 saturated heterocycles. The van der Waals surface area contributed by atoms with E-state index in [4.69, 9.17) is 16.3 Å². The van der Waals surface area contributed by atoms with Gasteiger partial charge >= 0.3 is 0 Å².